The van der Waals surface area contributed by atoms with Crippen molar-refractivity contribution in [2.45, 2.75) is 20.0 Å². The summed E-state index contributed by atoms with van der Waals surface area (Å²) in [5, 5.41) is 16.6. The average molecular weight is 365 g/mol. The van der Waals surface area contributed by atoms with Gasteiger partial charge in [0, 0.05) is 5.56 Å². The van der Waals surface area contributed by atoms with Gasteiger partial charge >= 0.3 is 6.18 Å². The maximum atomic E-state index is 13.1. The van der Waals surface area contributed by atoms with E-state index in [0.717, 1.165) is 6.07 Å². The number of aromatic nitrogens is 3. The van der Waals surface area contributed by atoms with Crippen LogP contribution in [0.25, 0.3) is 16.7 Å². The van der Waals surface area contributed by atoms with E-state index in [-0.39, 0.29) is 28.2 Å². The number of aryl methyl sites for hydroxylation is 1. The molecule has 3 aromatic rings. The van der Waals surface area contributed by atoms with Crippen molar-refractivity contribution in [3.05, 3.63) is 40.6 Å². The molecule has 0 saturated heterocycles. The van der Waals surface area contributed by atoms with Crippen LogP contribution < -0.4 is 11.5 Å². The Morgan fingerprint density at radius 1 is 1.23 bits per heavy atom. The van der Waals surface area contributed by atoms with Crippen LogP contribution in [0.15, 0.2) is 18.2 Å². The van der Waals surface area contributed by atoms with Gasteiger partial charge in [-0.3, -0.25) is 9.36 Å². The Bertz CT molecular complexity index is 1060. The molecule has 0 unspecified atom stereocenters. The highest BCUT2D eigenvalue weighted by Crippen LogP contribution is 2.37. The van der Waals surface area contributed by atoms with E-state index in [0.29, 0.717) is 16.8 Å². The molecule has 5 N–H and O–H groups in total. The largest absolute Gasteiger partial charge is 0.508 e. The number of alkyl halides is 3. The molecule has 0 spiro atoms. The van der Waals surface area contributed by atoms with E-state index in [1.807, 2.05) is 0 Å². The Balaban J connectivity index is 2.51. The van der Waals surface area contributed by atoms with Crippen LogP contribution in [0.4, 0.5) is 19.0 Å². The minimum atomic E-state index is -4.74. The van der Waals surface area contributed by atoms with Crippen LogP contribution in [0.2, 0.25) is 0 Å². The van der Waals surface area contributed by atoms with Crippen molar-refractivity contribution in [3.63, 3.8) is 0 Å². The molecule has 26 heavy (non-hydrogen) atoms. The SMILES string of the molecule is Cc1ccc(O)c(C)c1-n1c(N)c(C(N)=O)c2nnc(C(F)(F)F)cc21. The first kappa shape index (κ1) is 17.5. The molecule has 0 aliphatic heterocycles. The van der Waals surface area contributed by atoms with E-state index in [9.17, 15) is 23.1 Å². The third-order valence-corrected chi connectivity index (χ3v) is 4.11. The molecule has 0 fully saturated rings. The number of amides is 1. The summed E-state index contributed by atoms with van der Waals surface area (Å²) in [7, 11) is 0. The molecule has 136 valence electrons. The molecule has 0 aliphatic rings. The summed E-state index contributed by atoms with van der Waals surface area (Å²) in [4.78, 5) is 11.8. The highest BCUT2D eigenvalue weighted by atomic mass is 19.4. The van der Waals surface area contributed by atoms with Crippen LogP contribution >= 0.6 is 0 Å². The van der Waals surface area contributed by atoms with Crippen LogP contribution in [0.5, 0.6) is 5.75 Å². The highest BCUT2D eigenvalue weighted by Gasteiger charge is 2.35. The van der Waals surface area contributed by atoms with E-state index in [4.69, 9.17) is 11.5 Å². The van der Waals surface area contributed by atoms with Crippen LogP contribution in [0, 0.1) is 13.8 Å². The number of hydrogen-bond donors (Lipinski definition) is 3. The number of anilines is 1. The molecule has 10 heteroatoms. The molecule has 0 saturated carbocycles. The molecule has 7 nitrogen and oxygen atoms in total. The van der Waals surface area contributed by atoms with Crippen molar-refractivity contribution in [2.24, 2.45) is 5.73 Å². The van der Waals surface area contributed by atoms with Gasteiger partial charge in [0.2, 0.25) is 0 Å². The number of aromatic hydroxyl groups is 1. The van der Waals surface area contributed by atoms with Gasteiger partial charge in [-0.05, 0) is 31.5 Å². The number of rotatable bonds is 2. The highest BCUT2D eigenvalue weighted by molar-refractivity contribution is 6.10. The number of halogens is 3. The summed E-state index contributed by atoms with van der Waals surface area (Å²) in [6, 6.07) is 3.77. The number of carbonyl (C=O) groups excluding carboxylic acids is 1. The van der Waals surface area contributed by atoms with E-state index in [1.54, 1.807) is 19.9 Å². The van der Waals surface area contributed by atoms with Crippen LogP contribution in [-0.4, -0.2) is 25.8 Å². The smallest absolute Gasteiger partial charge is 0.435 e. The fourth-order valence-corrected chi connectivity index (χ4v) is 2.88. The topological polar surface area (TPSA) is 120 Å². The van der Waals surface area contributed by atoms with Gasteiger partial charge in [-0.2, -0.15) is 13.2 Å². The third kappa shape index (κ3) is 2.50. The van der Waals surface area contributed by atoms with Crippen LogP contribution in [-0.2, 0) is 6.18 Å². The number of primary amides is 1. The van der Waals surface area contributed by atoms with Crippen molar-refractivity contribution < 1.29 is 23.1 Å². The van der Waals surface area contributed by atoms with Crippen LogP contribution in [0.1, 0.15) is 27.2 Å². The maximum Gasteiger partial charge on any atom is 0.435 e. The van der Waals surface area contributed by atoms with Crippen molar-refractivity contribution in [1.29, 1.82) is 0 Å². The van der Waals surface area contributed by atoms with Crippen molar-refractivity contribution in [1.82, 2.24) is 14.8 Å². The van der Waals surface area contributed by atoms with E-state index >= 15 is 0 Å². The van der Waals surface area contributed by atoms with Crippen LogP contribution in [0.3, 0.4) is 0 Å². The second-order valence-electron chi connectivity index (χ2n) is 5.80. The first-order valence-electron chi connectivity index (χ1n) is 7.38. The number of carbonyl (C=O) groups is 1. The van der Waals surface area contributed by atoms with Crippen molar-refractivity contribution in [3.8, 4) is 11.4 Å². The van der Waals surface area contributed by atoms with Gasteiger partial charge in [0.15, 0.2) is 5.69 Å². The summed E-state index contributed by atoms with van der Waals surface area (Å²) in [6.07, 6.45) is -4.74. The number of phenols is 1. The minimum absolute atomic E-state index is 0.0782. The maximum absolute atomic E-state index is 13.1. The normalized spacial score (nSPS) is 11.9. The Hall–Kier alpha value is -3.30. The molecule has 0 bridgehead atoms. The second-order valence-corrected chi connectivity index (χ2v) is 5.80. The molecule has 1 aromatic carbocycles. The summed E-state index contributed by atoms with van der Waals surface area (Å²) in [6.45, 7) is 3.27. The Kier molecular flexibility index (Phi) is 3.78. The van der Waals surface area contributed by atoms with Gasteiger partial charge in [-0.1, -0.05) is 6.07 Å². The number of nitrogen functional groups attached to an aromatic ring is 1. The number of benzene rings is 1. The molecule has 0 atom stereocenters. The minimum Gasteiger partial charge on any atom is -0.508 e. The first-order valence-corrected chi connectivity index (χ1v) is 7.38. The Morgan fingerprint density at radius 3 is 2.46 bits per heavy atom. The first-order chi connectivity index (χ1) is 12.0. The van der Waals surface area contributed by atoms with Gasteiger partial charge in [0.1, 0.15) is 22.6 Å². The van der Waals surface area contributed by atoms with Gasteiger partial charge in [-0.25, -0.2) is 0 Å². The molecule has 2 aromatic heterocycles. The summed E-state index contributed by atoms with van der Waals surface area (Å²) >= 11 is 0. The van der Waals surface area contributed by atoms with Gasteiger partial charge < -0.3 is 16.6 Å². The van der Waals surface area contributed by atoms with Crippen molar-refractivity contribution in [2.75, 3.05) is 5.73 Å². The van der Waals surface area contributed by atoms with E-state index < -0.39 is 17.8 Å². The summed E-state index contributed by atoms with van der Waals surface area (Å²) < 4.78 is 40.4. The fraction of sp³-hybridized carbons (Fsp3) is 0.188. The molecule has 2 heterocycles. The Morgan fingerprint density at radius 2 is 1.88 bits per heavy atom. The predicted molar refractivity (Wildman–Crippen MR) is 87.9 cm³/mol. The zero-order chi connectivity index (χ0) is 19.4. The lowest BCUT2D eigenvalue weighted by Gasteiger charge is -2.16. The summed E-state index contributed by atoms with van der Waals surface area (Å²) in [5.41, 5.74) is 11.0. The van der Waals surface area contributed by atoms with Crippen molar-refractivity contribution >= 4 is 22.8 Å². The average Bonchev–Trinajstić information content (AvgIpc) is 2.82. The zero-order valence-electron chi connectivity index (χ0n) is 13.7. The van der Waals surface area contributed by atoms with E-state index in [2.05, 4.69) is 10.2 Å². The lowest BCUT2D eigenvalue weighted by molar-refractivity contribution is -0.141. The molecule has 1 amide bonds. The molecular weight excluding hydrogens is 351 g/mol. The molecule has 0 aliphatic carbocycles. The van der Waals surface area contributed by atoms with Gasteiger partial charge in [0.05, 0.1) is 11.2 Å². The molecule has 0 radical (unpaired) electrons. The zero-order valence-corrected chi connectivity index (χ0v) is 13.7. The monoisotopic (exact) mass is 365 g/mol. The number of nitrogens with two attached hydrogens (primary N) is 2. The quantitative estimate of drug-likeness (QED) is 0.644. The fourth-order valence-electron chi connectivity index (χ4n) is 2.88. The second kappa shape index (κ2) is 5.61. The molecule has 3 rings (SSSR count). The molecular formula is C16H14F3N5O2. The van der Waals surface area contributed by atoms with Gasteiger partial charge in [0.25, 0.3) is 5.91 Å². The lowest BCUT2D eigenvalue weighted by atomic mass is 10.1. The Labute approximate surface area is 145 Å². The number of phenolic OH excluding ortho intramolecular Hbond substituents is 1. The number of fused-ring (bicyclic) bond motifs is 1. The number of nitrogens with zero attached hydrogens (tertiary/aromatic N) is 3. The predicted octanol–water partition coefficient (Wildman–Crippen LogP) is 2.44. The lowest BCUT2D eigenvalue weighted by Crippen LogP contribution is -2.14. The van der Waals surface area contributed by atoms with E-state index in [1.165, 1.54) is 10.6 Å². The third-order valence-electron chi connectivity index (χ3n) is 4.11. The summed E-state index contributed by atoms with van der Waals surface area (Å²) in [5.74, 6) is -1.21. The van der Waals surface area contributed by atoms with Gasteiger partial charge in [-0.15, -0.1) is 10.2 Å². The standard InChI is InChI=1S/C16H14F3N5O2/c1-6-3-4-9(25)7(2)13(6)24-8-5-10(16(17,18)19)22-23-12(8)11(14(24)20)15(21)26/h3-5,25H,20H2,1-2H3,(H2,21,26). The number of hydrogen-bond acceptors (Lipinski definition) is 5.